The van der Waals surface area contributed by atoms with E-state index < -0.39 is 10.0 Å². The summed E-state index contributed by atoms with van der Waals surface area (Å²) in [6.45, 7) is 2.26. The van der Waals surface area contributed by atoms with Crippen molar-refractivity contribution in [3.63, 3.8) is 0 Å². The van der Waals surface area contributed by atoms with E-state index in [1.807, 2.05) is 25.1 Å². The molecule has 1 aromatic rings. The summed E-state index contributed by atoms with van der Waals surface area (Å²) in [4.78, 5) is 12.2. The molecule has 138 valence electrons. The molecule has 25 heavy (non-hydrogen) atoms. The van der Waals surface area contributed by atoms with Crippen LogP contribution in [0.3, 0.4) is 0 Å². The Labute approximate surface area is 150 Å². The molecule has 1 N–H and O–H groups in total. The topological polar surface area (TPSA) is 66.5 Å². The quantitative estimate of drug-likeness (QED) is 0.809. The minimum atomic E-state index is -3.36. The maximum atomic E-state index is 12.2. The smallest absolute Gasteiger partial charge is 0.232 e. The highest BCUT2D eigenvalue weighted by molar-refractivity contribution is 7.92. The highest BCUT2D eigenvalue weighted by Crippen LogP contribution is 2.44. The highest BCUT2D eigenvalue weighted by atomic mass is 32.2. The fourth-order valence-electron chi connectivity index (χ4n) is 4.35. The molecule has 2 saturated carbocycles. The standard InChI is InChI=1S/C19H28N2O3S/c1-14-5-3-6-17(11-14)21(25(2,23)24)10-4-7-19(22)20-18-13-15-8-9-16(18)12-15/h3,5-6,11,15-16,18H,4,7-10,12-13H2,1-2H3,(H,20,22)/t15-,16-,18+/m0/s1. The van der Waals surface area contributed by atoms with Gasteiger partial charge < -0.3 is 5.32 Å². The summed E-state index contributed by atoms with van der Waals surface area (Å²) < 4.78 is 25.6. The van der Waals surface area contributed by atoms with Crippen LogP contribution in [0.4, 0.5) is 5.69 Å². The summed E-state index contributed by atoms with van der Waals surface area (Å²) >= 11 is 0. The molecule has 2 bridgehead atoms. The number of aryl methyl sites for hydroxylation is 1. The van der Waals surface area contributed by atoms with Gasteiger partial charge in [0.1, 0.15) is 0 Å². The number of amides is 1. The lowest BCUT2D eigenvalue weighted by Gasteiger charge is -2.24. The zero-order valence-corrected chi connectivity index (χ0v) is 15.9. The van der Waals surface area contributed by atoms with Crippen molar-refractivity contribution in [1.82, 2.24) is 5.32 Å². The van der Waals surface area contributed by atoms with Crippen molar-refractivity contribution in [2.45, 2.75) is 51.5 Å². The molecule has 1 amide bonds. The van der Waals surface area contributed by atoms with Crippen molar-refractivity contribution < 1.29 is 13.2 Å². The summed E-state index contributed by atoms with van der Waals surface area (Å²) in [5.41, 5.74) is 1.68. The minimum Gasteiger partial charge on any atom is -0.353 e. The maximum absolute atomic E-state index is 12.2. The Hall–Kier alpha value is -1.56. The van der Waals surface area contributed by atoms with Gasteiger partial charge in [-0.05, 0) is 62.1 Å². The van der Waals surface area contributed by atoms with E-state index in [0.717, 1.165) is 17.9 Å². The van der Waals surface area contributed by atoms with Gasteiger partial charge in [-0.2, -0.15) is 0 Å². The van der Waals surface area contributed by atoms with Gasteiger partial charge in [-0.25, -0.2) is 8.42 Å². The molecule has 0 heterocycles. The van der Waals surface area contributed by atoms with Crippen LogP contribution in [-0.4, -0.2) is 33.2 Å². The lowest BCUT2D eigenvalue weighted by molar-refractivity contribution is -0.122. The number of anilines is 1. The number of nitrogens with zero attached hydrogens (tertiary/aromatic N) is 1. The van der Waals surface area contributed by atoms with E-state index in [9.17, 15) is 13.2 Å². The molecule has 2 aliphatic carbocycles. The Morgan fingerprint density at radius 2 is 2.08 bits per heavy atom. The van der Waals surface area contributed by atoms with Crippen LogP contribution in [0.2, 0.25) is 0 Å². The second kappa shape index (κ2) is 7.36. The number of hydrogen-bond donors (Lipinski definition) is 1. The van der Waals surface area contributed by atoms with Crippen molar-refractivity contribution in [1.29, 1.82) is 0 Å². The van der Waals surface area contributed by atoms with Crippen molar-refractivity contribution in [3.8, 4) is 0 Å². The molecule has 6 heteroatoms. The third kappa shape index (κ3) is 4.54. The first-order chi connectivity index (χ1) is 11.8. The van der Waals surface area contributed by atoms with Crippen LogP contribution < -0.4 is 9.62 Å². The molecule has 0 aromatic heterocycles. The number of rotatable bonds is 7. The summed E-state index contributed by atoms with van der Waals surface area (Å²) in [6, 6.07) is 7.78. The van der Waals surface area contributed by atoms with E-state index in [-0.39, 0.29) is 5.91 Å². The largest absolute Gasteiger partial charge is 0.353 e. The number of nitrogens with one attached hydrogen (secondary N) is 1. The first kappa shape index (κ1) is 18.2. The molecule has 3 atom stereocenters. The Balaban J connectivity index is 1.52. The van der Waals surface area contributed by atoms with Crippen LogP contribution in [-0.2, 0) is 14.8 Å². The van der Waals surface area contributed by atoms with Gasteiger partial charge in [0.2, 0.25) is 15.9 Å². The van der Waals surface area contributed by atoms with Crippen LogP contribution in [0.5, 0.6) is 0 Å². The van der Waals surface area contributed by atoms with Gasteiger partial charge in [-0.15, -0.1) is 0 Å². The molecule has 0 radical (unpaired) electrons. The highest BCUT2D eigenvalue weighted by Gasteiger charge is 2.39. The van der Waals surface area contributed by atoms with Gasteiger partial charge in [0.25, 0.3) is 0 Å². The van der Waals surface area contributed by atoms with Gasteiger partial charge in [-0.1, -0.05) is 18.6 Å². The van der Waals surface area contributed by atoms with Gasteiger partial charge in [0.05, 0.1) is 11.9 Å². The lowest BCUT2D eigenvalue weighted by atomic mass is 9.95. The van der Waals surface area contributed by atoms with Crippen molar-refractivity contribution in [3.05, 3.63) is 29.8 Å². The second-order valence-electron chi connectivity index (χ2n) is 7.63. The molecule has 2 fully saturated rings. The van der Waals surface area contributed by atoms with Gasteiger partial charge in [-0.3, -0.25) is 9.10 Å². The molecule has 5 nitrogen and oxygen atoms in total. The number of hydrogen-bond acceptors (Lipinski definition) is 3. The number of sulfonamides is 1. The Kier molecular flexibility index (Phi) is 5.37. The molecule has 2 aliphatic rings. The molecule has 0 aliphatic heterocycles. The summed E-state index contributed by atoms with van der Waals surface area (Å²) in [7, 11) is -3.36. The van der Waals surface area contributed by atoms with Crippen molar-refractivity contribution in [2.75, 3.05) is 17.1 Å². The second-order valence-corrected chi connectivity index (χ2v) is 9.53. The minimum absolute atomic E-state index is 0.0512. The predicted octanol–water partition coefficient (Wildman–Crippen LogP) is 2.85. The number of carbonyl (C=O) groups is 1. The zero-order valence-electron chi connectivity index (χ0n) is 15.1. The zero-order chi connectivity index (χ0) is 18.0. The number of fused-ring (bicyclic) bond motifs is 2. The third-order valence-corrected chi connectivity index (χ3v) is 6.73. The van der Waals surface area contributed by atoms with Crippen LogP contribution in [0.15, 0.2) is 24.3 Å². The van der Waals surface area contributed by atoms with Gasteiger partial charge in [0.15, 0.2) is 0 Å². The van der Waals surface area contributed by atoms with E-state index in [2.05, 4.69) is 5.32 Å². The van der Waals surface area contributed by atoms with E-state index >= 15 is 0 Å². The Bertz CT molecular complexity index is 732. The number of carbonyl (C=O) groups excluding carboxylic acids is 1. The molecular weight excluding hydrogens is 336 g/mol. The Morgan fingerprint density at radius 3 is 2.68 bits per heavy atom. The first-order valence-electron chi connectivity index (χ1n) is 9.16. The molecular formula is C19H28N2O3S. The van der Waals surface area contributed by atoms with Crippen molar-refractivity contribution >= 4 is 21.6 Å². The molecule has 0 saturated heterocycles. The summed E-state index contributed by atoms with van der Waals surface area (Å²) in [6.07, 6.45) is 7.04. The van der Waals surface area contributed by atoms with Gasteiger partial charge >= 0.3 is 0 Å². The van der Waals surface area contributed by atoms with Crippen LogP contribution >= 0.6 is 0 Å². The summed E-state index contributed by atoms with van der Waals surface area (Å²) in [5.74, 6) is 1.52. The average Bonchev–Trinajstić information content (AvgIpc) is 3.13. The molecule has 0 unspecified atom stereocenters. The van der Waals surface area contributed by atoms with Crippen LogP contribution in [0, 0.1) is 18.8 Å². The SMILES string of the molecule is Cc1cccc(N(CCCC(=O)N[C@@H]2C[C@H]3CC[C@H]2C3)S(C)(=O)=O)c1. The maximum Gasteiger partial charge on any atom is 0.232 e. The van der Waals surface area contributed by atoms with Gasteiger partial charge in [0, 0.05) is 19.0 Å². The molecule has 0 spiro atoms. The average molecular weight is 365 g/mol. The first-order valence-corrected chi connectivity index (χ1v) is 11.0. The van der Waals surface area contributed by atoms with E-state index in [4.69, 9.17) is 0 Å². The fourth-order valence-corrected chi connectivity index (χ4v) is 5.31. The Morgan fingerprint density at radius 1 is 1.28 bits per heavy atom. The monoisotopic (exact) mass is 364 g/mol. The van der Waals surface area contributed by atoms with E-state index in [1.54, 1.807) is 6.07 Å². The fraction of sp³-hybridized carbons (Fsp3) is 0.632. The van der Waals surface area contributed by atoms with Crippen molar-refractivity contribution in [2.24, 2.45) is 11.8 Å². The molecule has 3 rings (SSSR count). The lowest BCUT2D eigenvalue weighted by Crippen LogP contribution is -2.39. The van der Waals surface area contributed by atoms with Crippen LogP contribution in [0.25, 0.3) is 0 Å². The molecule has 1 aromatic carbocycles. The van der Waals surface area contributed by atoms with Crippen LogP contribution in [0.1, 0.15) is 44.1 Å². The number of benzene rings is 1. The summed E-state index contributed by atoms with van der Waals surface area (Å²) in [5, 5.41) is 3.16. The van der Waals surface area contributed by atoms with E-state index in [0.29, 0.717) is 37.0 Å². The normalized spacial score (nSPS) is 25.1. The third-order valence-electron chi connectivity index (χ3n) is 5.54. The predicted molar refractivity (Wildman–Crippen MR) is 100.0 cm³/mol. The van der Waals surface area contributed by atoms with E-state index in [1.165, 1.54) is 29.8 Å².